The number of thiocarbonyl (C=S) groups is 1. The van der Waals surface area contributed by atoms with Crippen LogP contribution in [-0.4, -0.2) is 5.11 Å². The summed E-state index contributed by atoms with van der Waals surface area (Å²) in [7, 11) is 0. The van der Waals surface area contributed by atoms with Gasteiger partial charge in [-0.15, -0.1) is 0 Å². The lowest BCUT2D eigenvalue weighted by Gasteiger charge is -2.15. The van der Waals surface area contributed by atoms with Crippen molar-refractivity contribution in [1.29, 1.82) is 0 Å². The second kappa shape index (κ2) is 8.21. The standard InChI is InChI=1S/C19H14Cl2N2OS/c20-13-10-11-15(21)17(12-13)23-19(25)22-16-8-4-5-9-18(16)24-14-6-2-1-3-7-14/h1-12H,(H2,22,23,25). The molecule has 3 rings (SSSR count). The first-order chi connectivity index (χ1) is 12.1. The second-order valence-corrected chi connectivity index (χ2v) is 6.37. The van der Waals surface area contributed by atoms with Gasteiger partial charge in [-0.05, 0) is 54.7 Å². The Morgan fingerprint density at radius 2 is 1.48 bits per heavy atom. The molecule has 3 aromatic carbocycles. The van der Waals surface area contributed by atoms with Crippen LogP contribution in [-0.2, 0) is 0 Å². The zero-order valence-electron chi connectivity index (χ0n) is 13.0. The maximum atomic E-state index is 6.15. The fourth-order valence-electron chi connectivity index (χ4n) is 2.14. The van der Waals surface area contributed by atoms with Crippen molar-refractivity contribution in [2.24, 2.45) is 0 Å². The van der Waals surface area contributed by atoms with E-state index in [0.717, 1.165) is 11.4 Å². The Labute approximate surface area is 161 Å². The number of rotatable bonds is 4. The first kappa shape index (κ1) is 17.5. The molecule has 0 atom stereocenters. The van der Waals surface area contributed by atoms with Crippen molar-refractivity contribution in [2.45, 2.75) is 0 Å². The maximum absolute atomic E-state index is 6.15. The molecule has 0 radical (unpaired) electrons. The molecule has 2 N–H and O–H groups in total. The van der Waals surface area contributed by atoms with Crippen molar-refractivity contribution in [2.75, 3.05) is 10.6 Å². The van der Waals surface area contributed by atoms with E-state index in [1.54, 1.807) is 18.2 Å². The van der Waals surface area contributed by atoms with E-state index in [2.05, 4.69) is 10.6 Å². The van der Waals surface area contributed by atoms with Gasteiger partial charge in [-0.3, -0.25) is 0 Å². The highest BCUT2D eigenvalue weighted by molar-refractivity contribution is 7.80. The Kier molecular flexibility index (Phi) is 5.76. The summed E-state index contributed by atoms with van der Waals surface area (Å²) < 4.78 is 5.91. The van der Waals surface area contributed by atoms with E-state index in [-0.39, 0.29) is 0 Å². The van der Waals surface area contributed by atoms with Gasteiger partial charge in [-0.25, -0.2) is 0 Å². The highest BCUT2D eigenvalue weighted by Crippen LogP contribution is 2.30. The van der Waals surface area contributed by atoms with Crippen LogP contribution in [0, 0.1) is 0 Å². The van der Waals surface area contributed by atoms with Gasteiger partial charge in [0.25, 0.3) is 0 Å². The van der Waals surface area contributed by atoms with Crippen LogP contribution in [0.5, 0.6) is 11.5 Å². The molecule has 0 heterocycles. The third-order valence-electron chi connectivity index (χ3n) is 3.28. The van der Waals surface area contributed by atoms with E-state index in [1.807, 2.05) is 54.6 Å². The summed E-state index contributed by atoms with van der Waals surface area (Å²) >= 11 is 17.5. The topological polar surface area (TPSA) is 33.3 Å². The number of benzene rings is 3. The number of hydrogen-bond acceptors (Lipinski definition) is 2. The summed E-state index contributed by atoms with van der Waals surface area (Å²) in [6.45, 7) is 0. The van der Waals surface area contributed by atoms with Crippen molar-refractivity contribution >= 4 is 51.9 Å². The Morgan fingerprint density at radius 3 is 2.28 bits per heavy atom. The van der Waals surface area contributed by atoms with E-state index in [9.17, 15) is 0 Å². The van der Waals surface area contributed by atoms with E-state index in [4.69, 9.17) is 40.2 Å². The molecule has 126 valence electrons. The number of halogens is 2. The Hall–Kier alpha value is -2.27. The van der Waals surface area contributed by atoms with E-state index in [1.165, 1.54) is 0 Å². The van der Waals surface area contributed by atoms with Crippen LogP contribution in [0.3, 0.4) is 0 Å². The molecule has 0 fully saturated rings. The Balaban J connectivity index is 1.74. The van der Waals surface area contributed by atoms with Gasteiger partial charge >= 0.3 is 0 Å². The molecule has 25 heavy (non-hydrogen) atoms. The van der Waals surface area contributed by atoms with Gasteiger partial charge < -0.3 is 15.4 Å². The molecule has 0 unspecified atom stereocenters. The quantitative estimate of drug-likeness (QED) is 0.493. The molecular formula is C19H14Cl2N2OS. The lowest BCUT2D eigenvalue weighted by atomic mass is 10.3. The molecule has 0 amide bonds. The average Bonchev–Trinajstić information content (AvgIpc) is 2.61. The van der Waals surface area contributed by atoms with Crippen LogP contribution in [0.15, 0.2) is 72.8 Å². The minimum atomic E-state index is 0.383. The fraction of sp³-hybridized carbons (Fsp3) is 0. The summed E-state index contributed by atoms with van der Waals surface area (Å²) in [5, 5.41) is 7.64. The van der Waals surface area contributed by atoms with Gasteiger partial charge in [0.2, 0.25) is 0 Å². The van der Waals surface area contributed by atoms with Gasteiger partial charge in [-0.1, -0.05) is 53.5 Å². The van der Waals surface area contributed by atoms with Gasteiger partial charge in [0.1, 0.15) is 5.75 Å². The molecule has 0 spiro atoms. The first-order valence-electron chi connectivity index (χ1n) is 7.47. The van der Waals surface area contributed by atoms with Crippen LogP contribution < -0.4 is 15.4 Å². The molecule has 3 aromatic rings. The monoisotopic (exact) mass is 388 g/mol. The number of nitrogens with one attached hydrogen (secondary N) is 2. The minimum Gasteiger partial charge on any atom is -0.455 e. The third-order valence-corrected chi connectivity index (χ3v) is 4.05. The summed E-state index contributed by atoms with van der Waals surface area (Å²) in [6.07, 6.45) is 0. The molecular weight excluding hydrogens is 375 g/mol. The zero-order valence-corrected chi connectivity index (χ0v) is 15.3. The second-order valence-electron chi connectivity index (χ2n) is 5.11. The predicted molar refractivity (Wildman–Crippen MR) is 109 cm³/mol. The van der Waals surface area contributed by atoms with Crippen LogP contribution >= 0.6 is 35.4 Å². The molecule has 0 bridgehead atoms. The Morgan fingerprint density at radius 1 is 0.800 bits per heavy atom. The van der Waals surface area contributed by atoms with E-state index < -0.39 is 0 Å². The largest absolute Gasteiger partial charge is 0.455 e. The van der Waals surface area contributed by atoms with Crippen molar-refractivity contribution in [3.8, 4) is 11.5 Å². The molecule has 3 nitrogen and oxygen atoms in total. The minimum absolute atomic E-state index is 0.383. The fourth-order valence-corrected chi connectivity index (χ4v) is 2.70. The first-order valence-corrected chi connectivity index (χ1v) is 8.63. The smallest absolute Gasteiger partial charge is 0.175 e. The zero-order chi connectivity index (χ0) is 17.6. The van der Waals surface area contributed by atoms with Crippen LogP contribution in [0.25, 0.3) is 0 Å². The van der Waals surface area contributed by atoms with E-state index in [0.29, 0.717) is 26.6 Å². The lowest BCUT2D eigenvalue weighted by Crippen LogP contribution is -2.19. The third kappa shape index (κ3) is 4.86. The normalized spacial score (nSPS) is 10.2. The van der Waals surface area contributed by atoms with Crippen LogP contribution in [0.4, 0.5) is 11.4 Å². The van der Waals surface area contributed by atoms with Crippen LogP contribution in [0.2, 0.25) is 10.0 Å². The van der Waals surface area contributed by atoms with Crippen molar-refractivity contribution in [3.05, 3.63) is 82.8 Å². The highest BCUT2D eigenvalue weighted by Gasteiger charge is 2.08. The summed E-state index contributed by atoms with van der Waals surface area (Å²) in [5.74, 6) is 1.41. The van der Waals surface area contributed by atoms with Gasteiger partial charge in [-0.2, -0.15) is 0 Å². The number of para-hydroxylation sites is 3. The molecule has 0 saturated heterocycles. The van der Waals surface area contributed by atoms with Gasteiger partial charge in [0, 0.05) is 5.02 Å². The summed E-state index contributed by atoms with van der Waals surface area (Å²) in [6, 6.07) is 22.2. The molecule has 0 aromatic heterocycles. The van der Waals surface area contributed by atoms with Gasteiger partial charge in [0.15, 0.2) is 10.9 Å². The highest BCUT2D eigenvalue weighted by atomic mass is 35.5. The van der Waals surface area contributed by atoms with Gasteiger partial charge in [0.05, 0.1) is 16.4 Å². The molecule has 0 saturated carbocycles. The molecule has 0 aliphatic carbocycles. The van der Waals surface area contributed by atoms with E-state index >= 15 is 0 Å². The average molecular weight is 389 g/mol. The van der Waals surface area contributed by atoms with Crippen LogP contribution in [0.1, 0.15) is 0 Å². The molecule has 6 heteroatoms. The van der Waals surface area contributed by atoms with Crippen molar-refractivity contribution in [1.82, 2.24) is 0 Å². The SMILES string of the molecule is S=C(Nc1cc(Cl)ccc1Cl)Nc1ccccc1Oc1ccccc1. The summed E-state index contributed by atoms with van der Waals surface area (Å²) in [5.41, 5.74) is 1.37. The number of ether oxygens (including phenoxy) is 1. The number of hydrogen-bond donors (Lipinski definition) is 2. The Bertz CT molecular complexity index is 888. The molecule has 0 aliphatic rings. The lowest BCUT2D eigenvalue weighted by molar-refractivity contribution is 0.485. The summed E-state index contributed by atoms with van der Waals surface area (Å²) in [4.78, 5) is 0. The van der Waals surface area contributed by atoms with Crippen molar-refractivity contribution in [3.63, 3.8) is 0 Å². The number of anilines is 2. The molecule has 0 aliphatic heterocycles. The van der Waals surface area contributed by atoms with Crippen molar-refractivity contribution < 1.29 is 4.74 Å². The maximum Gasteiger partial charge on any atom is 0.175 e. The predicted octanol–water partition coefficient (Wildman–Crippen LogP) is 6.59.